The zero-order valence-corrected chi connectivity index (χ0v) is 19.3. The van der Waals surface area contributed by atoms with E-state index in [4.69, 9.17) is 37.4 Å². The molecule has 1 aromatic heterocycles. The molecule has 1 saturated heterocycles. The van der Waals surface area contributed by atoms with Crippen molar-refractivity contribution < 1.29 is 28.2 Å². The van der Waals surface area contributed by atoms with Crippen LogP contribution in [0, 0.1) is 5.82 Å². The van der Waals surface area contributed by atoms with E-state index >= 15 is 0 Å². The topological polar surface area (TPSA) is 90.9 Å². The van der Waals surface area contributed by atoms with Crippen molar-refractivity contribution in [1.29, 1.82) is 0 Å². The van der Waals surface area contributed by atoms with Crippen LogP contribution in [-0.2, 0) is 11.3 Å². The van der Waals surface area contributed by atoms with Crippen LogP contribution in [0.2, 0.25) is 10.3 Å². The van der Waals surface area contributed by atoms with E-state index in [0.717, 1.165) is 22.9 Å². The smallest absolute Gasteiger partial charge is 0.293 e. The molecule has 3 heterocycles. The Balaban J connectivity index is 1.35. The summed E-state index contributed by atoms with van der Waals surface area (Å²) in [6.07, 6.45) is 2.44. The van der Waals surface area contributed by atoms with Crippen molar-refractivity contribution in [3.05, 3.63) is 74.8 Å². The van der Waals surface area contributed by atoms with Crippen LogP contribution in [0.3, 0.4) is 0 Å². The summed E-state index contributed by atoms with van der Waals surface area (Å²) in [5.74, 6) is -0.317. The highest BCUT2D eigenvalue weighted by Crippen LogP contribution is 2.39. The summed E-state index contributed by atoms with van der Waals surface area (Å²) in [7, 11) is 0. The fourth-order valence-corrected chi connectivity index (χ4v) is 4.40. The van der Waals surface area contributed by atoms with Gasteiger partial charge in [0.05, 0.1) is 17.6 Å². The normalized spacial score (nSPS) is 16.0. The Hall–Kier alpha value is -3.34. The average molecular weight is 520 g/mol. The number of hydrogen-bond donors (Lipinski definition) is 0. The first kappa shape index (κ1) is 22.5. The molecule has 2 aromatic carbocycles. The van der Waals surface area contributed by atoms with Crippen molar-refractivity contribution >= 4 is 52.2 Å². The van der Waals surface area contributed by atoms with Crippen LogP contribution in [0.1, 0.15) is 11.1 Å². The molecule has 0 unspecified atom stereocenters. The number of thioether (sulfide) groups is 1. The number of halogens is 3. The van der Waals surface area contributed by atoms with Gasteiger partial charge in [0.15, 0.2) is 11.5 Å². The SMILES string of the molecule is O=C1S/C(=C/c2cccc(Oc3nc(Cl)ncc3F)c2)C(=O)N1Cc1cc2c(cc1Cl)OCO2. The zero-order chi connectivity index (χ0) is 23.8. The molecule has 0 spiro atoms. The number of benzene rings is 2. The van der Waals surface area contributed by atoms with E-state index in [2.05, 4.69) is 9.97 Å². The maximum absolute atomic E-state index is 13.9. The number of ether oxygens (including phenoxy) is 3. The van der Waals surface area contributed by atoms with E-state index in [1.807, 2.05) is 0 Å². The monoisotopic (exact) mass is 519 g/mol. The molecule has 0 aliphatic carbocycles. The van der Waals surface area contributed by atoms with Gasteiger partial charge < -0.3 is 14.2 Å². The molecular weight excluding hydrogens is 508 g/mol. The van der Waals surface area contributed by atoms with Gasteiger partial charge in [-0.1, -0.05) is 23.7 Å². The lowest BCUT2D eigenvalue weighted by Gasteiger charge is -2.14. The van der Waals surface area contributed by atoms with Crippen molar-refractivity contribution in [2.24, 2.45) is 0 Å². The molecule has 2 aliphatic heterocycles. The molecule has 34 heavy (non-hydrogen) atoms. The summed E-state index contributed by atoms with van der Waals surface area (Å²) in [4.78, 5) is 34.0. The van der Waals surface area contributed by atoms with Crippen LogP contribution in [0.25, 0.3) is 6.08 Å². The Kier molecular flexibility index (Phi) is 6.03. The Bertz CT molecular complexity index is 1370. The highest BCUT2D eigenvalue weighted by atomic mass is 35.5. The number of aromatic nitrogens is 2. The summed E-state index contributed by atoms with van der Waals surface area (Å²) in [6, 6.07) is 9.75. The summed E-state index contributed by atoms with van der Waals surface area (Å²) in [6.45, 7) is 0.0630. The van der Waals surface area contributed by atoms with Crippen LogP contribution in [-0.4, -0.2) is 32.8 Å². The number of amides is 2. The Morgan fingerprint density at radius 2 is 1.97 bits per heavy atom. The standard InChI is InChI=1S/C22H12Cl2FN3O5S/c23-14-7-17-16(31-10-32-17)6-12(14)9-28-20(29)18(34-22(28)30)5-11-2-1-3-13(4-11)33-19-15(25)8-26-21(24)27-19/h1-8H,9-10H2/b18-5+. The molecule has 8 nitrogen and oxygen atoms in total. The van der Waals surface area contributed by atoms with Gasteiger partial charge in [0.1, 0.15) is 5.75 Å². The van der Waals surface area contributed by atoms with E-state index in [1.165, 1.54) is 0 Å². The Morgan fingerprint density at radius 3 is 2.79 bits per heavy atom. The van der Waals surface area contributed by atoms with Gasteiger partial charge in [-0.05, 0) is 58.8 Å². The maximum Gasteiger partial charge on any atom is 0.293 e. The highest BCUT2D eigenvalue weighted by molar-refractivity contribution is 8.18. The van der Waals surface area contributed by atoms with Gasteiger partial charge in [0.2, 0.25) is 17.9 Å². The van der Waals surface area contributed by atoms with E-state index in [-0.39, 0.29) is 35.2 Å². The summed E-state index contributed by atoms with van der Waals surface area (Å²) < 4.78 is 29.9. The minimum atomic E-state index is -0.780. The minimum Gasteiger partial charge on any atom is -0.454 e. The van der Waals surface area contributed by atoms with Crippen LogP contribution in [0.4, 0.5) is 9.18 Å². The lowest BCUT2D eigenvalue weighted by atomic mass is 10.1. The number of nitrogens with zero attached hydrogens (tertiary/aromatic N) is 3. The van der Waals surface area contributed by atoms with Crippen molar-refractivity contribution in [3.8, 4) is 23.1 Å². The predicted octanol–water partition coefficient (Wildman–Crippen LogP) is 5.68. The molecule has 2 aliphatic rings. The lowest BCUT2D eigenvalue weighted by Crippen LogP contribution is -2.27. The molecule has 0 atom stereocenters. The Morgan fingerprint density at radius 1 is 1.18 bits per heavy atom. The summed E-state index contributed by atoms with van der Waals surface area (Å²) >= 11 is 12.8. The predicted molar refractivity (Wildman–Crippen MR) is 123 cm³/mol. The largest absolute Gasteiger partial charge is 0.454 e. The van der Waals surface area contributed by atoms with Crippen molar-refractivity contribution in [2.75, 3.05) is 6.79 Å². The van der Waals surface area contributed by atoms with Gasteiger partial charge in [-0.15, -0.1) is 0 Å². The Labute approximate surface area is 206 Å². The molecule has 2 amide bonds. The zero-order valence-electron chi connectivity index (χ0n) is 17.0. The molecule has 0 N–H and O–H groups in total. The first-order chi connectivity index (χ1) is 16.4. The molecule has 1 fully saturated rings. The summed E-state index contributed by atoms with van der Waals surface area (Å²) in [5, 5.41) is -0.243. The molecule has 0 radical (unpaired) electrons. The molecule has 5 rings (SSSR count). The molecule has 0 saturated carbocycles. The summed E-state index contributed by atoms with van der Waals surface area (Å²) in [5.41, 5.74) is 1.11. The van der Waals surface area contributed by atoms with Gasteiger partial charge in [-0.2, -0.15) is 9.37 Å². The first-order valence-electron chi connectivity index (χ1n) is 9.67. The maximum atomic E-state index is 13.9. The number of imide groups is 1. The third kappa shape index (κ3) is 4.52. The molecule has 172 valence electrons. The van der Waals surface area contributed by atoms with Crippen LogP contribution in [0.5, 0.6) is 23.1 Å². The van der Waals surface area contributed by atoms with Crippen LogP contribution in [0.15, 0.2) is 47.5 Å². The number of carbonyl (C=O) groups is 2. The number of hydrogen-bond acceptors (Lipinski definition) is 8. The minimum absolute atomic E-state index is 0.0195. The molecular formula is C22H12Cl2FN3O5S. The lowest BCUT2D eigenvalue weighted by molar-refractivity contribution is -0.123. The quantitative estimate of drug-likeness (QED) is 0.314. The van der Waals surface area contributed by atoms with Gasteiger partial charge in [0, 0.05) is 11.1 Å². The van der Waals surface area contributed by atoms with Gasteiger partial charge in [0.25, 0.3) is 17.0 Å². The van der Waals surface area contributed by atoms with E-state index in [9.17, 15) is 14.0 Å². The van der Waals surface area contributed by atoms with Crippen molar-refractivity contribution in [3.63, 3.8) is 0 Å². The van der Waals surface area contributed by atoms with Gasteiger partial charge >= 0.3 is 0 Å². The third-order valence-electron chi connectivity index (χ3n) is 4.80. The average Bonchev–Trinajstić information content (AvgIpc) is 3.36. The number of carbonyl (C=O) groups excluding carboxylic acids is 2. The fourth-order valence-electron chi connectivity index (χ4n) is 3.22. The second kappa shape index (κ2) is 9.13. The third-order valence-corrected chi connectivity index (χ3v) is 6.24. The molecule has 0 bridgehead atoms. The van der Waals surface area contributed by atoms with Crippen LogP contribution >= 0.6 is 35.0 Å². The van der Waals surface area contributed by atoms with E-state index < -0.39 is 17.0 Å². The first-order valence-corrected chi connectivity index (χ1v) is 11.2. The molecule has 12 heteroatoms. The second-order valence-corrected chi connectivity index (χ2v) is 8.77. The van der Waals surface area contributed by atoms with Gasteiger partial charge in [-0.3, -0.25) is 14.5 Å². The second-order valence-electron chi connectivity index (χ2n) is 7.03. The number of fused-ring (bicyclic) bond motifs is 1. The van der Waals surface area contributed by atoms with Crippen molar-refractivity contribution in [2.45, 2.75) is 6.54 Å². The highest BCUT2D eigenvalue weighted by Gasteiger charge is 2.35. The fraction of sp³-hybridized carbons (Fsp3) is 0.0909. The number of rotatable bonds is 5. The molecule has 3 aromatic rings. The van der Waals surface area contributed by atoms with Gasteiger partial charge in [-0.25, -0.2) is 4.98 Å². The van der Waals surface area contributed by atoms with Crippen molar-refractivity contribution in [1.82, 2.24) is 14.9 Å². The van der Waals surface area contributed by atoms with Crippen LogP contribution < -0.4 is 14.2 Å². The van der Waals surface area contributed by atoms with E-state index in [1.54, 1.807) is 42.5 Å². The van der Waals surface area contributed by atoms with E-state index in [0.29, 0.717) is 27.6 Å².